The van der Waals surface area contributed by atoms with Crippen LogP contribution < -0.4 is 11.1 Å². The number of carbonyl (C=O) groups excluding carboxylic acids is 1. The summed E-state index contributed by atoms with van der Waals surface area (Å²) < 4.78 is 0. The highest BCUT2D eigenvalue weighted by Crippen LogP contribution is 2.24. The number of hydrogen-bond acceptors (Lipinski definition) is 3. The van der Waals surface area contributed by atoms with Crippen molar-refractivity contribution in [2.75, 3.05) is 19.6 Å². The molecule has 0 radical (unpaired) electrons. The maximum Gasteiger partial charge on any atom is 0.223 e. The molecule has 1 amide bonds. The molecule has 2 aliphatic rings. The zero-order valence-corrected chi connectivity index (χ0v) is 11.5. The number of piperidine rings is 1. The molecule has 4 heteroatoms. The van der Waals surface area contributed by atoms with Crippen LogP contribution in [0.3, 0.4) is 0 Å². The van der Waals surface area contributed by atoms with Gasteiger partial charge in [0, 0.05) is 31.1 Å². The lowest BCUT2D eigenvalue weighted by molar-refractivity contribution is -0.125. The van der Waals surface area contributed by atoms with Crippen molar-refractivity contribution >= 4 is 5.91 Å². The number of likely N-dealkylation sites (tertiary alicyclic amines) is 1. The van der Waals surface area contributed by atoms with Crippen molar-refractivity contribution in [1.29, 1.82) is 0 Å². The van der Waals surface area contributed by atoms with Crippen LogP contribution in [0.5, 0.6) is 0 Å². The van der Waals surface area contributed by atoms with Crippen LogP contribution in [0.2, 0.25) is 0 Å². The molecule has 104 valence electrons. The Kier molecular flexibility index (Phi) is 5.01. The SMILES string of the molecule is CCCN1CCC(NC(=O)C2CCC(N)C2)CC1. The summed E-state index contributed by atoms with van der Waals surface area (Å²) in [6.45, 7) is 5.67. The molecule has 0 aromatic heterocycles. The van der Waals surface area contributed by atoms with E-state index in [1.165, 1.54) is 13.0 Å². The average Bonchev–Trinajstić information content (AvgIpc) is 2.79. The fourth-order valence-corrected chi connectivity index (χ4v) is 3.19. The molecule has 2 rings (SSSR count). The first-order valence-corrected chi connectivity index (χ1v) is 7.47. The highest BCUT2D eigenvalue weighted by atomic mass is 16.1. The minimum Gasteiger partial charge on any atom is -0.353 e. The highest BCUT2D eigenvalue weighted by Gasteiger charge is 2.29. The minimum atomic E-state index is 0.175. The first kappa shape index (κ1) is 13.8. The van der Waals surface area contributed by atoms with Crippen LogP contribution in [0, 0.1) is 5.92 Å². The van der Waals surface area contributed by atoms with Gasteiger partial charge in [0.25, 0.3) is 0 Å². The molecule has 2 unspecified atom stereocenters. The van der Waals surface area contributed by atoms with Gasteiger partial charge in [0.15, 0.2) is 0 Å². The summed E-state index contributed by atoms with van der Waals surface area (Å²) in [5, 5.41) is 3.22. The van der Waals surface area contributed by atoms with Gasteiger partial charge in [-0.05, 0) is 45.1 Å². The largest absolute Gasteiger partial charge is 0.353 e. The summed E-state index contributed by atoms with van der Waals surface area (Å²) in [7, 11) is 0. The van der Waals surface area contributed by atoms with Crippen molar-refractivity contribution in [3.05, 3.63) is 0 Å². The van der Waals surface area contributed by atoms with Crippen LogP contribution in [0.15, 0.2) is 0 Å². The van der Waals surface area contributed by atoms with Gasteiger partial charge < -0.3 is 16.0 Å². The number of rotatable bonds is 4. The van der Waals surface area contributed by atoms with Gasteiger partial charge in [0.2, 0.25) is 5.91 Å². The second kappa shape index (κ2) is 6.53. The second-order valence-corrected chi connectivity index (χ2v) is 5.89. The molecule has 2 atom stereocenters. The Morgan fingerprint density at radius 3 is 2.56 bits per heavy atom. The Balaban J connectivity index is 1.69. The van der Waals surface area contributed by atoms with Gasteiger partial charge in [0.05, 0.1) is 0 Å². The molecular weight excluding hydrogens is 226 g/mol. The molecule has 3 N–H and O–H groups in total. The molecule has 0 bridgehead atoms. The van der Waals surface area contributed by atoms with Crippen LogP contribution in [0.4, 0.5) is 0 Å². The van der Waals surface area contributed by atoms with Gasteiger partial charge in [-0.3, -0.25) is 4.79 Å². The second-order valence-electron chi connectivity index (χ2n) is 5.89. The minimum absolute atomic E-state index is 0.175. The van der Waals surface area contributed by atoms with Crippen LogP contribution in [0.1, 0.15) is 45.4 Å². The zero-order chi connectivity index (χ0) is 13.0. The number of nitrogens with two attached hydrogens (primary N) is 1. The number of nitrogens with one attached hydrogen (secondary N) is 1. The van der Waals surface area contributed by atoms with Crippen molar-refractivity contribution in [2.45, 2.75) is 57.5 Å². The van der Waals surface area contributed by atoms with E-state index in [9.17, 15) is 4.79 Å². The molecular formula is C14H27N3O. The zero-order valence-electron chi connectivity index (χ0n) is 11.5. The number of nitrogens with zero attached hydrogens (tertiary/aromatic N) is 1. The molecule has 1 aliphatic carbocycles. The Hall–Kier alpha value is -0.610. The third-order valence-corrected chi connectivity index (χ3v) is 4.32. The Morgan fingerprint density at radius 1 is 1.28 bits per heavy atom. The Bertz CT molecular complexity index is 274. The Morgan fingerprint density at radius 2 is 2.00 bits per heavy atom. The monoisotopic (exact) mass is 253 g/mol. The standard InChI is InChI=1S/C14H27N3O/c1-2-7-17-8-5-13(6-9-17)16-14(18)11-3-4-12(15)10-11/h11-13H,2-10,15H2,1H3,(H,16,18). The predicted molar refractivity (Wildman–Crippen MR) is 73.2 cm³/mol. The van der Waals surface area contributed by atoms with E-state index < -0.39 is 0 Å². The summed E-state index contributed by atoms with van der Waals surface area (Å²) in [6.07, 6.45) is 6.28. The summed E-state index contributed by atoms with van der Waals surface area (Å²) in [5.41, 5.74) is 5.86. The van der Waals surface area contributed by atoms with E-state index in [1.54, 1.807) is 0 Å². The van der Waals surface area contributed by atoms with Crippen molar-refractivity contribution in [1.82, 2.24) is 10.2 Å². The predicted octanol–water partition coefficient (Wildman–Crippen LogP) is 1.10. The van der Waals surface area contributed by atoms with E-state index in [0.717, 1.165) is 45.2 Å². The van der Waals surface area contributed by atoms with Crippen LogP contribution in [-0.2, 0) is 4.79 Å². The molecule has 1 heterocycles. The molecule has 0 aromatic carbocycles. The topological polar surface area (TPSA) is 58.4 Å². The lowest BCUT2D eigenvalue weighted by Crippen LogP contribution is -2.46. The molecule has 0 spiro atoms. The average molecular weight is 253 g/mol. The van der Waals surface area contributed by atoms with Crippen LogP contribution >= 0.6 is 0 Å². The van der Waals surface area contributed by atoms with Gasteiger partial charge in [-0.1, -0.05) is 6.92 Å². The molecule has 18 heavy (non-hydrogen) atoms. The van der Waals surface area contributed by atoms with Crippen LogP contribution in [-0.4, -0.2) is 42.5 Å². The first-order valence-electron chi connectivity index (χ1n) is 7.47. The van der Waals surface area contributed by atoms with Gasteiger partial charge >= 0.3 is 0 Å². The van der Waals surface area contributed by atoms with Gasteiger partial charge in [-0.15, -0.1) is 0 Å². The van der Waals surface area contributed by atoms with E-state index in [-0.39, 0.29) is 17.9 Å². The fourth-order valence-electron chi connectivity index (χ4n) is 3.19. The van der Waals surface area contributed by atoms with E-state index in [4.69, 9.17) is 5.73 Å². The molecule has 1 aliphatic heterocycles. The van der Waals surface area contributed by atoms with Crippen molar-refractivity contribution in [2.24, 2.45) is 11.7 Å². The lowest BCUT2D eigenvalue weighted by Gasteiger charge is -2.32. The van der Waals surface area contributed by atoms with E-state index >= 15 is 0 Å². The van der Waals surface area contributed by atoms with E-state index in [1.807, 2.05) is 0 Å². The Labute approximate surface area is 110 Å². The number of hydrogen-bond donors (Lipinski definition) is 2. The quantitative estimate of drug-likeness (QED) is 0.789. The summed E-state index contributed by atoms with van der Waals surface area (Å²) in [4.78, 5) is 14.6. The molecule has 0 aromatic rings. The third-order valence-electron chi connectivity index (χ3n) is 4.32. The first-order chi connectivity index (χ1) is 8.69. The summed E-state index contributed by atoms with van der Waals surface area (Å²) in [6, 6.07) is 0.634. The number of amides is 1. The van der Waals surface area contributed by atoms with Crippen molar-refractivity contribution in [3.8, 4) is 0 Å². The summed E-state index contributed by atoms with van der Waals surface area (Å²) in [5.74, 6) is 0.422. The molecule has 2 fully saturated rings. The van der Waals surface area contributed by atoms with Crippen molar-refractivity contribution < 1.29 is 4.79 Å². The highest BCUT2D eigenvalue weighted by molar-refractivity contribution is 5.79. The number of carbonyl (C=O) groups is 1. The van der Waals surface area contributed by atoms with E-state index in [0.29, 0.717) is 6.04 Å². The summed E-state index contributed by atoms with van der Waals surface area (Å²) >= 11 is 0. The van der Waals surface area contributed by atoms with Crippen molar-refractivity contribution in [3.63, 3.8) is 0 Å². The maximum atomic E-state index is 12.1. The smallest absolute Gasteiger partial charge is 0.223 e. The van der Waals surface area contributed by atoms with Gasteiger partial charge in [-0.2, -0.15) is 0 Å². The maximum absolute atomic E-state index is 12.1. The molecule has 1 saturated carbocycles. The van der Waals surface area contributed by atoms with E-state index in [2.05, 4.69) is 17.1 Å². The van der Waals surface area contributed by atoms with Crippen LogP contribution in [0.25, 0.3) is 0 Å². The fraction of sp³-hybridized carbons (Fsp3) is 0.929. The third kappa shape index (κ3) is 3.69. The molecule has 1 saturated heterocycles. The molecule has 4 nitrogen and oxygen atoms in total. The normalized spacial score (nSPS) is 30.6. The lowest BCUT2D eigenvalue weighted by atomic mass is 10.0. The van der Waals surface area contributed by atoms with Gasteiger partial charge in [-0.25, -0.2) is 0 Å². The van der Waals surface area contributed by atoms with Gasteiger partial charge in [0.1, 0.15) is 0 Å².